The van der Waals surface area contributed by atoms with Crippen LogP contribution in [-0.2, 0) is 0 Å². The molecule has 16 heavy (non-hydrogen) atoms. The van der Waals surface area contributed by atoms with E-state index in [4.69, 9.17) is 0 Å². The minimum atomic E-state index is -1.10. The van der Waals surface area contributed by atoms with Gasteiger partial charge in [-0.2, -0.15) is 0 Å². The van der Waals surface area contributed by atoms with E-state index in [1.165, 1.54) is 35.9 Å². The zero-order valence-electron chi connectivity index (χ0n) is 12.0. The number of nitrogens with one attached hydrogen (secondary N) is 1. The first kappa shape index (κ1) is 14.2. The van der Waals surface area contributed by atoms with Crippen molar-refractivity contribution in [3.05, 3.63) is 10.8 Å². The standard InChI is InChI=1S/C13H29NSi2/c1-11(12(2)15)10-14-13(16(3,4)5)8-6-7-9-13/h14H,6-10H2,1-5,15H3. The molecule has 1 fully saturated rings. The van der Waals surface area contributed by atoms with Crippen LogP contribution in [0.1, 0.15) is 39.5 Å². The number of hydrogen-bond donors (Lipinski definition) is 1. The molecule has 0 amide bonds. The first-order chi connectivity index (χ1) is 7.28. The Kier molecular flexibility index (Phi) is 4.61. The minimum Gasteiger partial charge on any atom is -0.310 e. The molecule has 3 heteroatoms. The Balaban J connectivity index is 2.71. The van der Waals surface area contributed by atoms with Gasteiger partial charge in [-0.3, -0.25) is 0 Å². The van der Waals surface area contributed by atoms with E-state index in [1.807, 2.05) is 0 Å². The van der Waals surface area contributed by atoms with Gasteiger partial charge in [-0.15, -0.1) is 0 Å². The second-order valence-electron chi connectivity index (χ2n) is 6.67. The summed E-state index contributed by atoms with van der Waals surface area (Å²) in [5.41, 5.74) is 1.58. The van der Waals surface area contributed by atoms with Crippen LogP contribution < -0.4 is 5.32 Å². The molecule has 1 nitrogen and oxygen atoms in total. The zero-order chi connectivity index (χ0) is 12.4. The van der Waals surface area contributed by atoms with Crippen LogP contribution in [0.15, 0.2) is 10.8 Å². The SMILES string of the molecule is CC([SiH3])=C(C)CNC1([Si](C)(C)C)CCCC1. The van der Waals surface area contributed by atoms with Crippen molar-refractivity contribution in [2.45, 2.75) is 64.3 Å². The fourth-order valence-corrected chi connectivity index (χ4v) is 5.30. The summed E-state index contributed by atoms with van der Waals surface area (Å²) in [6.07, 6.45) is 5.69. The summed E-state index contributed by atoms with van der Waals surface area (Å²) in [6.45, 7) is 13.3. The number of hydrogen-bond acceptors (Lipinski definition) is 1. The fourth-order valence-electron chi connectivity index (χ4n) is 2.65. The lowest BCUT2D eigenvalue weighted by molar-refractivity contribution is 0.462. The van der Waals surface area contributed by atoms with Gasteiger partial charge in [0.2, 0.25) is 0 Å². The van der Waals surface area contributed by atoms with Crippen LogP contribution >= 0.6 is 0 Å². The molecular weight excluding hydrogens is 226 g/mol. The molecule has 0 bridgehead atoms. The van der Waals surface area contributed by atoms with E-state index in [0.29, 0.717) is 5.16 Å². The van der Waals surface area contributed by atoms with Crippen LogP contribution in [0, 0.1) is 0 Å². The van der Waals surface area contributed by atoms with Gasteiger partial charge in [0.05, 0.1) is 8.07 Å². The van der Waals surface area contributed by atoms with E-state index in [0.717, 1.165) is 6.54 Å². The molecule has 0 saturated heterocycles. The van der Waals surface area contributed by atoms with E-state index in [9.17, 15) is 0 Å². The number of allylic oxidation sites excluding steroid dienone is 1. The van der Waals surface area contributed by atoms with Gasteiger partial charge in [0.1, 0.15) is 0 Å². The summed E-state index contributed by atoms with van der Waals surface area (Å²) in [7, 11) is 0.114. The molecule has 94 valence electrons. The molecule has 0 aromatic rings. The molecule has 0 radical (unpaired) electrons. The largest absolute Gasteiger partial charge is 0.310 e. The Hall–Kier alpha value is 0.134. The van der Waals surface area contributed by atoms with E-state index in [-0.39, 0.29) is 0 Å². The third-order valence-electron chi connectivity index (χ3n) is 4.44. The highest BCUT2D eigenvalue weighted by molar-refractivity contribution is 6.79. The Morgan fingerprint density at radius 3 is 2.06 bits per heavy atom. The van der Waals surface area contributed by atoms with Gasteiger partial charge in [-0.25, -0.2) is 0 Å². The highest BCUT2D eigenvalue weighted by Crippen LogP contribution is 2.37. The lowest BCUT2D eigenvalue weighted by atomic mass is 10.2. The predicted octanol–water partition coefficient (Wildman–Crippen LogP) is 2.43. The Labute approximate surface area is 106 Å². The van der Waals surface area contributed by atoms with E-state index in [2.05, 4.69) is 38.8 Å². The molecule has 0 aromatic heterocycles. The van der Waals surface area contributed by atoms with Gasteiger partial charge >= 0.3 is 0 Å². The van der Waals surface area contributed by atoms with Gasteiger partial charge < -0.3 is 5.32 Å². The van der Waals surface area contributed by atoms with Crippen LogP contribution in [0.3, 0.4) is 0 Å². The predicted molar refractivity (Wildman–Crippen MR) is 80.9 cm³/mol. The molecule has 1 rings (SSSR count). The van der Waals surface area contributed by atoms with Gasteiger partial charge in [-0.1, -0.05) is 43.3 Å². The third-order valence-corrected chi connectivity index (χ3v) is 8.84. The van der Waals surface area contributed by atoms with Crippen LogP contribution in [0.5, 0.6) is 0 Å². The lowest BCUT2D eigenvalue weighted by Crippen LogP contribution is -2.60. The maximum Gasteiger partial charge on any atom is 0.0674 e. The Morgan fingerprint density at radius 1 is 1.19 bits per heavy atom. The molecular formula is C13H29NSi2. The topological polar surface area (TPSA) is 12.0 Å². The van der Waals surface area contributed by atoms with Gasteiger partial charge in [0.25, 0.3) is 0 Å². The van der Waals surface area contributed by atoms with Crippen molar-refractivity contribution in [3.63, 3.8) is 0 Å². The quantitative estimate of drug-likeness (QED) is 0.761. The summed E-state index contributed by atoms with van der Waals surface area (Å²) in [5, 5.41) is 6.07. The summed E-state index contributed by atoms with van der Waals surface area (Å²) >= 11 is 0. The second kappa shape index (κ2) is 5.19. The van der Waals surface area contributed by atoms with E-state index < -0.39 is 8.07 Å². The summed E-state index contributed by atoms with van der Waals surface area (Å²) in [5.74, 6) is 0. The number of rotatable bonds is 4. The van der Waals surface area contributed by atoms with Crippen LogP contribution in [0.4, 0.5) is 0 Å². The Bertz CT molecular complexity index is 266. The van der Waals surface area contributed by atoms with Crippen molar-refractivity contribution >= 4 is 18.3 Å². The third kappa shape index (κ3) is 3.08. The average molecular weight is 256 g/mol. The second-order valence-corrected chi connectivity index (χ2v) is 13.6. The highest BCUT2D eigenvalue weighted by Gasteiger charge is 2.44. The highest BCUT2D eigenvalue weighted by atomic mass is 28.3. The normalized spacial score (nSPS) is 22.3. The van der Waals surface area contributed by atoms with Crippen LogP contribution in [0.2, 0.25) is 19.6 Å². The van der Waals surface area contributed by atoms with Crippen molar-refractivity contribution in [1.82, 2.24) is 5.32 Å². The summed E-state index contributed by atoms with van der Waals surface area (Å²) in [6, 6.07) is 0. The maximum atomic E-state index is 3.94. The summed E-state index contributed by atoms with van der Waals surface area (Å²) in [4.78, 5) is 0. The molecule has 0 heterocycles. The molecule has 1 aliphatic carbocycles. The van der Waals surface area contributed by atoms with Gasteiger partial charge in [0.15, 0.2) is 0 Å². The fraction of sp³-hybridized carbons (Fsp3) is 0.846. The smallest absolute Gasteiger partial charge is 0.0674 e. The first-order valence-electron chi connectivity index (χ1n) is 6.66. The molecule has 0 aliphatic heterocycles. The van der Waals surface area contributed by atoms with Crippen molar-refractivity contribution in [1.29, 1.82) is 0 Å². The molecule has 0 atom stereocenters. The zero-order valence-corrected chi connectivity index (χ0v) is 15.0. The van der Waals surface area contributed by atoms with E-state index in [1.54, 1.807) is 10.8 Å². The molecule has 1 N–H and O–H groups in total. The van der Waals surface area contributed by atoms with Crippen LogP contribution in [0.25, 0.3) is 0 Å². The van der Waals surface area contributed by atoms with Crippen LogP contribution in [-0.4, -0.2) is 30.0 Å². The monoisotopic (exact) mass is 255 g/mol. The molecule has 0 spiro atoms. The minimum absolute atomic E-state index is 0.519. The van der Waals surface area contributed by atoms with Gasteiger partial charge in [-0.05, 0) is 26.7 Å². The summed E-state index contributed by atoms with van der Waals surface area (Å²) < 4.78 is 0. The van der Waals surface area contributed by atoms with Crippen molar-refractivity contribution < 1.29 is 0 Å². The first-order valence-corrected chi connectivity index (χ1v) is 11.2. The molecule has 1 saturated carbocycles. The molecule has 1 aliphatic rings. The average Bonchev–Trinajstić information content (AvgIpc) is 2.62. The van der Waals surface area contributed by atoms with E-state index >= 15 is 0 Å². The Morgan fingerprint density at radius 2 is 1.69 bits per heavy atom. The molecule has 0 aromatic carbocycles. The lowest BCUT2D eigenvalue weighted by Gasteiger charge is -2.42. The van der Waals surface area contributed by atoms with Crippen molar-refractivity contribution in [2.24, 2.45) is 0 Å². The van der Waals surface area contributed by atoms with Gasteiger partial charge in [0, 0.05) is 21.9 Å². The van der Waals surface area contributed by atoms with Crippen molar-refractivity contribution in [2.75, 3.05) is 6.54 Å². The van der Waals surface area contributed by atoms with Crippen molar-refractivity contribution in [3.8, 4) is 0 Å². The maximum absolute atomic E-state index is 3.94. The molecule has 0 unspecified atom stereocenters.